The van der Waals surface area contributed by atoms with Crippen LogP contribution in [0.2, 0.25) is 0 Å². The average Bonchev–Trinajstić information content (AvgIpc) is 2.43. The van der Waals surface area contributed by atoms with Gasteiger partial charge in [-0.3, -0.25) is 14.5 Å². The van der Waals surface area contributed by atoms with E-state index in [1.54, 1.807) is 4.90 Å². The van der Waals surface area contributed by atoms with Crippen molar-refractivity contribution < 1.29 is 14.3 Å². The number of nitrogens with one attached hydrogen (secondary N) is 1. The number of esters is 1. The van der Waals surface area contributed by atoms with Gasteiger partial charge in [-0.2, -0.15) is 0 Å². The summed E-state index contributed by atoms with van der Waals surface area (Å²) >= 11 is 0. The van der Waals surface area contributed by atoms with Gasteiger partial charge in [0, 0.05) is 5.69 Å². The number of aryl methyl sites for hydroxylation is 2. The molecule has 5 heteroatoms. The summed E-state index contributed by atoms with van der Waals surface area (Å²) in [4.78, 5) is 25.3. The highest BCUT2D eigenvalue weighted by molar-refractivity contribution is 5.94. The smallest absolute Gasteiger partial charge is 0.319 e. The SMILES string of the molecule is CCCN(CC(=O)Nc1c(C)cccc1C)CC(=O)OC. The number of carbonyl (C=O) groups excluding carboxylic acids is 2. The summed E-state index contributed by atoms with van der Waals surface area (Å²) in [5.74, 6) is -0.451. The van der Waals surface area contributed by atoms with Gasteiger partial charge in [0.15, 0.2) is 0 Å². The second-order valence-electron chi connectivity index (χ2n) is 5.10. The Bertz CT molecular complexity index is 480. The van der Waals surface area contributed by atoms with Gasteiger partial charge in [-0.25, -0.2) is 0 Å². The number of carbonyl (C=O) groups is 2. The molecule has 1 aromatic rings. The van der Waals surface area contributed by atoms with Crippen LogP contribution in [0.1, 0.15) is 24.5 Å². The Labute approximate surface area is 126 Å². The first-order valence-electron chi connectivity index (χ1n) is 7.13. The first kappa shape index (κ1) is 17.2. The fourth-order valence-corrected chi connectivity index (χ4v) is 2.17. The maximum absolute atomic E-state index is 12.2. The fraction of sp³-hybridized carbons (Fsp3) is 0.500. The summed E-state index contributed by atoms with van der Waals surface area (Å²) in [6, 6.07) is 5.88. The third-order valence-electron chi connectivity index (χ3n) is 3.23. The average molecular weight is 292 g/mol. The number of anilines is 1. The second kappa shape index (κ2) is 8.42. The zero-order valence-corrected chi connectivity index (χ0v) is 13.2. The lowest BCUT2D eigenvalue weighted by Gasteiger charge is -2.20. The van der Waals surface area contributed by atoms with E-state index in [0.717, 1.165) is 23.2 Å². The summed E-state index contributed by atoms with van der Waals surface area (Å²) in [5.41, 5.74) is 2.90. The number of nitrogens with zero attached hydrogens (tertiary/aromatic N) is 1. The molecule has 5 nitrogen and oxygen atoms in total. The Morgan fingerprint density at radius 1 is 1.19 bits per heavy atom. The predicted molar refractivity (Wildman–Crippen MR) is 83.3 cm³/mol. The number of para-hydroxylation sites is 1. The zero-order chi connectivity index (χ0) is 15.8. The Hall–Kier alpha value is -1.88. The summed E-state index contributed by atoms with van der Waals surface area (Å²) in [7, 11) is 1.35. The van der Waals surface area contributed by atoms with E-state index in [9.17, 15) is 9.59 Å². The maximum Gasteiger partial charge on any atom is 0.319 e. The van der Waals surface area contributed by atoms with E-state index >= 15 is 0 Å². The first-order chi connectivity index (χ1) is 9.97. The molecule has 116 valence electrons. The van der Waals surface area contributed by atoms with Crippen molar-refractivity contribution >= 4 is 17.6 Å². The van der Waals surface area contributed by atoms with Gasteiger partial charge in [-0.15, -0.1) is 0 Å². The highest BCUT2D eigenvalue weighted by Crippen LogP contribution is 2.19. The molecule has 0 saturated heterocycles. The summed E-state index contributed by atoms with van der Waals surface area (Å²) in [6.45, 7) is 6.91. The predicted octanol–water partition coefficient (Wildman–Crippen LogP) is 2.13. The van der Waals surface area contributed by atoms with Gasteiger partial charge in [0.2, 0.25) is 5.91 Å². The Morgan fingerprint density at radius 3 is 2.33 bits per heavy atom. The van der Waals surface area contributed by atoms with E-state index in [2.05, 4.69) is 10.1 Å². The van der Waals surface area contributed by atoms with Crippen LogP contribution in [0.25, 0.3) is 0 Å². The number of rotatable bonds is 7. The molecule has 0 aliphatic heterocycles. The molecule has 1 rings (SSSR count). The lowest BCUT2D eigenvalue weighted by atomic mass is 10.1. The quantitative estimate of drug-likeness (QED) is 0.782. The van der Waals surface area contributed by atoms with E-state index < -0.39 is 0 Å². The standard InChI is InChI=1S/C16H24N2O3/c1-5-9-18(11-15(20)21-4)10-14(19)17-16-12(2)7-6-8-13(16)3/h6-8H,5,9-11H2,1-4H3,(H,17,19). The third kappa shape index (κ3) is 5.55. The summed E-state index contributed by atoms with van der Waals surface area (Å²) in [6.07, 6.45) is 0.869. The Kier molecular flexibility index (Phi) is 6.88. The van der Waals surface area contributed by atoms with Crippen molar-refractivity contribution in [3.05, 3.63) is 29.3 Å². The van der Waals surface area contributed by atoms with Crippen LogP contribution in [0.5, 0.6) is 0 Å². The molecule has 0 unspecified atom stereocenters. The minimum absolute atomic E-state index is 0.121. The highest BCUT2D eigenvalue weighted by Gasteiger charge is 2.15. The molecule has 0 saturated carbocycles. The minimum Gasteiger partial charge on any atom is -0.468 e. The summed E-state index contributed by atoms with van der Waals surface area (Å²) < 4.78 is 4.65. The number of ether oxygens (including phenoxy) is 1. The number of hydrogen-bond donors (Lipinski definition) is 1. The van der Waals surface area contributed by atoms with E-state index in [1.807, 2.05) is 39.0 Å². The molecule has 0 radical (unpaired) electrons. The second-order valence-corrected chi connectivity index (χ2v) is 5.10. The van der Waals surface area contributed by atoms with Crippen molar-refractivity contribution in [3.8, 4) is 0 Å². The molecule has 0 atom stereocenters. The van der Waals surface area contributed by atoms with Gasteiger partial charge in [0.05, 0.1) is 20.2 Å². The molecule has 1 N–H and O–H groups in total. The molecule has 21 heavy (non-hydrogen) atoms. The van der Waals surface area contributed by atoms with Gasteiger partial charge >= 0.3 is 5.97 Å². The van der Waals surface area contributed by atoms with Crippen LogP contribution < -0.4 is 5.32 Å². The van der Waals surface area contributed by atoms with Gasteiger partial charge in [-0.1, -0.05) is 25.1 Å². The maximum atomic E-state index is 12.2. The van der Waals surface area contributed by atoms with Gasteiger partial charge in [0.25, 0.3) is 0 Å². The molecule has 0 fully saturated rings. The topological polar surface area (TPSA) is 58.6 Å². The van der Waals surface area contributed by atoms with Crippen LogP contribution in [-0.4, -0.2) is 43.5 Å². The Balaban J connectivity index is 2.67. The van der Waals surface area contributed by atoms with Crippen molar-refractivity contribution in [2.24, 2.45) is 0 Å². The zero-order valence-electron chi connectivity index (χ0n) is 13.2. The van der Waals surface area contributed by atoms with Crippen LogP contribution in [0.15, 0.2) is 18.2 Å². The molecule has 1 amide bonds. The van der Waals surface area contributed by atoms with E-state index in [0.29, 0.717) is 6.54 Å². The van der Waals surface area contributed by atoms with Crippen molar-refractivity contribution in [1.29, 1.82) is 0 Å². The van der Waals surface area contributed by atoms with Crippen LogP contribution in [0.3, 0.4) is 0 Å². The minimum atomic E-state index is -0.330. The van der Waals surface area contributed by atoms with Crippen LogP contribution in [0.4, 0.5) is 5.69 Å². The van der Waals surface area contributed by atoms with Crippen LogP contribution in [0, 0.1) is 13.8 Å². The van der Waals surface area contributed by atoms with Gasteiger partial charge in [0.1, 0.15) is 0 Å². The molecule has 0 bridgehead atoms. The number of amides is 1. The van der Waals surface area contributed by atoms with Crippen molar-refractivity contribution in [3.63, 3.8) is 0 Å². The lowest BCUT2D eigenvalue weighted by Crippen LogP contribution is -2.38. The van der Waals surface area contributed by atoms with Gasteiger partial charge in [-0.05, 0) is 37.9 Å². The largest absolute Gasteiger partial charge is 0.468 e. The van der Waals surface area contributed by atoms with E-state index in [-0.39, 0.29) is 25.0 Å². The molecule has 0 aliphatic carbocycles. The molecular formula is C16H24N2O3. The van der Waals surface area contributed by atoms with E-state index in [1.165, 1.54) is 7.11 Å². The first-order valence-corrected chi connectivity index (χ1v) is 7.13. The molecule has 0 aliphatic rings. The normalized spacial score (nSPS) is 10.5. The molecule has 0 heterocycles. The van der Waals surface area contributed by atoms with Gasteiger partial charge < -0.3 is 10.1 Å². The number of benzene rings is 1. The monoisotopic (exact) mass is 292 g/mol. The van der Waals surface area contributed by atoms with E-state index in [4.69, 9.17) is 0 Å². The highest BCUT2D eigenvalue weighted by atomic mass is 16.5. The van der Waals surface area contributed by atoms with Crippen LogP contribution in [-0.2, 0) is 14.3 Å². The third-order valence-corrected chi connectivity index (χ3v) is 3.23. The molecule has 0 aromatic heterocycles. The van der Waals surface area contributed by atoms with Crippen molar-refractivity contribution in [2.75, 3.05) is 32.1 Å². The fourth-order valence-electron chi connectivity index (χ4n) is 2.17. The molecule has 0 spiro atoms. The molecular weight excluding hydrogens is 268 g/mol. The summed E-state index contributed by atoms with van der Waals surface area (Å²) in [5, 5.41) is 2.93. The number of hydrogen-bond acceptors (Lipinski definition) is 4. The van der Waals surface area contributed by atoms with Crippen molar-refractivity contribution in [1.82, 2.24) is 4.90 Å². The van der Waals surface area contributed by atoms with Crippen molar-refractivity contribution in [2.45, 2.75) is 27.2 Å². The Morgan fingerprint density at radius 2 is 1.81 bits per heavy atom. The lowest BCUT2D eigenvalue weighted by molar-refractivity contribution is -0.142. The van der Waals surface area contributed by atoms with Crippen LogP contribution >= 0.6 is 0 Å². The number of methoxy groups -OCH3 is 1. The molecule has 1 aromatic carbocycles.